The highest BCUT2D eigenvalue weighted by Gasteiger charge is 2.25. The van der Waals surface area contributed by atoms with Crippen LogP contribution in [-0.2, 0) is 0 Å². The van der Waals surface area contributed by atoms with Gasteiger partial charge in [-0.15, -0.1) is 0 Å². The number of nitrogens with zero attached hydrogens (tertiary/aromatic N) is 1. The molecule has 0 aromatic heterocycles. The molecule has 4 nitrogen and oxygen atoms in total. The molecule has 0 N–H and O–H groups in total. The van der Waals surface area contributed by atoms with Crippen LogP contribution in [0.15, 0.2) is 54.6 Å². The maximum atomic E-state index is 12.5. The van der Waals surface area contributed by atoms with Gasteiger partial charge in [-0.1, -0.05) is 30.3 Å². The van der Waals surface area contributed by atoms with Gasteiger partial charge >= 0.3 is 0 Å². The first-order valence-corrected chi connectivity index (χ1v) is 8.85. The highest BCUT2D eigenvalue weighted by atomic mass is 16.5. The number of Topliss-reactive ketones (excluding diaryl/α,β-unsaturated/α-hetero) is 1. The van der Waals surface area contributed by atoms with E-state index in [-0.39, 0.29) is 11.7 Å². The number of methoxy groups -OCH3 is 1. The predicted molar refractivity (Wildman–Crippen MR) is 98.4 cm³/mol. The lowest BCUT2D eigenvalue weighted by atomic mass is 9.89. The van der Waals surface area contributed by atoms with Gasteiger partial charge in [-0.2, -0.15) is 0 Å². The minimum Gasteiger partial charge on any atom is -0.497 e. The van der Waals surface area contributed by atoms with Crippen molar-refractivity contribution in [3.05, 3.63) is 60.2 Å². The zero-order valence-electron chi connectivity index (χ0n) is 14.7. The molecule has 1 fully saturated rings. The topological polar surface area (TPSA) is 38.8 Å². The van der Waals surface area contributed by atoms with Crippen LogP contribution in [0, 0.1) is 5.92 Å². The molecular weight excluding hydrogens is 314 g/mol. The Morgan fingerprint density at radius 1 is 1.00 bits per heavy atom. The minimum absolute atomic E-state index is 0.154. The average molecular weight is 339 g/mol. The van der Waals surface area contributed by atoms with Crippen molar-refractivity contribution in [3.63, 3.8) is 0 Å². The molecule has 0 spiro atoms. The van der Waals surface area contributed by atoms with Gasteiger partial charge in [-0.25, -0.2) is 0 Å². The quantitative estimate of drug-likeness (QED) is 0.722. The van der Waals surface area contributed by atoms with Crippen molar-refractivity contribution in [1.82, 2.24) is 4.90 Å². The van der Waals surface area contributed by atoms with E-state index in [0.29, 0.717) is 6.61 Å². The van der Waals surface area contributed by atoms with E-state index in [4.69, 9.17) is 9.47 Å². The monoisotopic (exact) mass is 339 g/mol. The average Bonchev–Trinajstić information content (AvgIpc) is 2.69. The summed E-state index contributed by atoms with van der Waals surface area (Å²) in [7, 11) is 1.65. The Hall–Kier alpha value is -2.33. The van der Waals surface area contributed by atoms with Gasteiger partial charge in [-0.05, 0) is 50.2 Å². The third-order valence-corrected chi connectivity index (χ3v) is 4.75. The Morgan fingerprint density at radius 2 is 1.64 bits per heavy atom. The van der Waals surface area contributed by atoms with E-state index in [0.717, 1.165) is 49.5 Å². The van der Waals surface area contributed by atoms with Crippen molar-refractivity contribution in [3.8, 4) is 11.5 Å². The highest BCUT2D eigenvalue weighted by Crippen LogP contribution is 2.22. The zero-order chi connectivity index (χ0) is 17.5. The summed E-state index contributed by atoms with van der Waals surface area (Å²) in [5.74, 6) is 2.13. The van der Waals surface area contributed by atoms with Crippen LogP contribution in [0.4, 0.5) is 0 Å². The fourth-order valence-electron chi connectivity index (χ4n) is 3.22. The lowest BCUT2D eigenvalue weighted by Crippen LogP contribution is -2.38. The number of benzene rings is 2. The minimum atomic E-state index is 0.154. The molecule has 0 unspecified atom stereocenters. The van der Waals surface area contributed by atoms with Crippen molar-refractivity contribution < 1.29 is 14.3 Å². The molecule has 1 aliphatic heterocycles. The second-order valence-corrected chi connectivity index (χ2v) is 6.37. The Labute approximate surface area is 149 Å². The van der Waals surface area contributed by atoms with Gasteiger partial charge in [0.1, 0.15) is 18.1 Å². The van der Waals surface area contributed by atoms with Crippen molar-refractivity contribution in [2.45, 2.75) is 12.8 Å². The molecule has 25 heavy (non-hydrogen) atoms. The third kappa shape index (κ3) is 4.83. The standard InChI is InChI=1S/C21H25NO3/c1-24-19-7-9-20(10-8-19)25-16-15-22-13-11-18(12-14-22)21(23)17-5-3-2-4-6-17/h2-10,18H,11-16H2,1H3. The molecule has 0 aliphatic carbocycles. The van der Waals surface area contributed by atoms with Gasteiger partial charge in [0.05, 0.1) is 7.11 Å². The van der Waals surface area contributed by atoms with Gasteiger partial charge in [0, 0.05) is 18.0 Å². The normalized spacial score (nSPS) is 15.7. The number of likely N-dealkylation sites (tertiary alicyclic amines) is 1. The first-order chi connectivity index (χ1) is 12.3. The van der Waals surface area contributed by atoms with Crippen LogP contribution in [0.1, 0.15) is 23.2 Å². The van der Waals surface area contributed by atoms with Crippen LogP contribution < -0.4 is 9.47 Å². The first-order valence-electron chi connectivity index (χ1n) is 8.85. The molecular formula is C21H25NO3. The summed E-state index contributed by atoms with van der Waals surface area (Å²) in [5.41, 5.74) is 0.837. The van der Waals surface area contributed by atoms with Crippen LogP contribution in [-0.4, -0.2) is 44.0 Å². The Balaban J connectivity index is 1.39. The number of carbonyl (C=O) groups excluding carboxylic acids is 1. The van der Waals surface area contributed by atoms with E-state index in [2.05, 4.69) is 4.90 Å². The van der Waals surface area contributed by atoms with Crippen LogP contribution in [0.3, 0.4) is 0 Å². The van der Waals surface area contributed by atoms with E-state index in [1.165, 1.54) is 0 Å². The smallest absolute Gasteiger partial charge is 0.166 e. The van der Waals surface area contributed by atoms with E-state index in [9.17, 15) is 4.79 Å². The molecule has 1 aliphatic rings. The van der Waals surface area contributed by atoms with E-state index < -0.39 is 0 Å². The Morgan fingerprint density at radius 3 is 2.28 bits per heavy atom. The molecule has 0 bridgehead atoms. The number of ketones is 1. The van der Waals surface area contributed by atoms with Crippen molar-refractivity contribution in [2.24, 2.45) is 5.92 Å². The summed E-state index contributed by atoms with van der Waals surface area (Å²) >= 11 is 0. The lowest BCUT2D eigenvalue weighted by Gasteiger charge is -2.31. The Kier molecular flexibility index (Phi) is 6.07. The molecule has 0 atom stereocenters. The molecule has 3 rings (SSSR count). The molecule has 2 aromatic rings. The van der Waals surface area contributed by atoms with Crippen LogP contribution in [0.25, 0.3) is 0 Å². The van der Waals surface area contributed by atoms with Gasteiger partial charge in [0.25, 0.3) is 0 Å². The summed E-state index contributed by atoms with van der Waals surface area (Å²) in [5, 5.41) is 0. The van der Waals surface area contributed by atoms with E-state index in [1.807, 2.05) is 54.6 Å². The first kappa shape index (κ1) is 17.5. The fraction of sp³-hybridized carbons (Fsp3) is 0.381. The van der Waals surface area contributed by atoms with Crippen molar-refractivity contribution in [1.29, 1.82) is 0 Å². The van der Waals surface area contributed by atoms with E-state index in [1.54, 1.807) is 7.11 Å². The van der Waals surface area contributed by atoms with Crippen LogP contribution >= 0.6 is 0 Å². The highest BCUT2D eigenvalue weighted by molar-refractivity contribution is 5.97. The maximum absolute atomic E-state index is 12.5. The largest absolute Gasteiger partial charge is 0.497 e. The molecule has 0 radical (unpaired) electrons. The van der Waals surface area contributed by atoms with Crippen molar-refractivity contribution in [2.75, 3.05) is 33.4 Å². The second kappa shape index (κ2) is 8.67. The Bertz CT molecular complexity index is 661. The fourth-order valence-corrected chi connectivity index (χ4v) is 3.22. The number of piperidine rings is 1. The number of hydrogen-bond acceptors (Lipinski definition) is 4. The summed E-state index contributed by atoms with van der Waals surface area (Å²) in [4.78, 5) is 14.9. The number of ether oxygens (including phenoxy) is 2. The molecule has 1 saturated heterocycles. The molecule has 132 valence electrons. The third-order valence-electron chi connectivity index (χ3n) is 4.75. The molecule has 0 saturated carbocycles. The lowest BCUT2D eigenvalue weighted by molar-refractivity contribution is 0.0827. The van der Waals surface area contributed by atoms with Crippen LogP contribution in [0.5, 0.6) is 11.5 Å². The second-order valence-electron chi connectivity index (χ2n) is 6.37. The summed E-state index contributed by atoms with van der Waals surface area (Å²) in [6.07, 6.45) is 1.85. The van der Waals surface area contributed by atoms with Gasteiger partial charge in [-0.3, -0.25) is 9.69 Å². The summed E-state index contributed by atoms with van der Waals surface area (Å²) in [6.45, 7) is 3.45. The van der Waals surface area contributed by atoms with Gasteiger partial charge in [0.15, 0.2) is 5.78 Å². The summed E-state index contributed by atoms with van der Waals surface area (Å²) < 4.78 is 10.9. The van der Waals surface area contributed by atoms with Crippen molar-refractivity contribution >= 4 is 5.78 Å². The maximum Gasteiger partial charge on any atom is 0.166 e. The van der Waals surface area contributed by atoms with Crippen LogP contribution in [0.2, 0.25) is 0 Å². The molecule has 1 heterocycles. The number of hydrogen-bond donors (Lipinski definition) is 0. The SMILES string of the molecule is COc1ccc(OCCN2CCC(C(=O)c3ccccc3)CC2)cc1. The summed E-state index contributed by atoms with van der Waals surface area (Å²) in [6, 6.07) is 17.3. The molecule has 0 amide bonds. The number of rotatable bonds is 7. The zero-order valence-corrected chi connectivity index (χ0v) is 14.7. The van der Waals surface area contributed by atoms with E-state index >= 15 is 0 Å². The predicted octanol–water partition coefficient (Wildman–Crippen LogP) is 3.67. The van der Waals surface area contributed by atoms with Gasteiger partial charge in [0.2, 0.25) is 0 Å². The molecule has 2 aromatic carbocycles. The van der Waals surface area contributed by atoms with Gasteiger partial charge < -0.3 is 9.47 Å². The number of carbonyl (C=O) groups is 1. The molecule has 4 heteroatoms.